The summed E-state index contributed by atoms with van der Waals surface area (Å²) in [5.74, 6) is 0.883. The molecule has 84 valence electrons. The first-order valence-corrected chi connectivity index (χ1v) is 5.37. The molecule has 0 aliphatic rings. The second-order valence-electron chi connectivity index (χ2n) is 4.54. The third-order valence-electron chi connectivity index (χ3n) is 3.09. The van der Waals surface area contributed by atoms with Gasteiger partial charge in [-0.1, -0.05) is 19.9 Å². The quantitative estimate of drug-likeness (QED) is 0.777. The largest absolute Gasteiger partial charge is 0.497 e. The third kappa shape index (κ3) is 1.60. The van der Waals surface area contributed by atoms with E-state index in [9.17, 15) is 0 Å². The lowest BCUT2D eigenvalue weighted by molar-refractivity contribution is 0.415. The summed E-state index contributed by atoms with van der Waals surface area (Å²) in [7, 11) is 1.69. The van der Waals surface area contributed by atoms with Gasteiger partial charge < -0.3 is 9.72 Å². The van der Waals surface area contributed by atoms with Gasteiger partial charge in [-0.2, -0.15) is 0 Å². The molecule has 2 nitrogen and oxygen atoms in total. The summed E-state index contributed by atoms with van der Waals surface area (Å²) in [4.78, 5) is 3.28. The van der Waals surface area contributed by atoms with E-state index in [1.54, 1.807) is 7.11 Å². The smallest absolute Gasteiger partial charge is 0.119 e. The van der Waals surface area contributed by atoms with E-state index in [1.165, 1.54) is 10.9 Å². The molecule has 0 amide bonds. The van der Waals surface area contributed by atoms with Crippen LogP contribution >= 0.6 is 0 Å². The SMILES string of the molecule is C=CC(C)(C)c1c[nH]c2ccc(OC)cc12. The van der Waals surface area contributed by atoms with Gasteiger partial charge >= 0.3 is 0 Å². The molecule has 2 aromatic rings. The topological polar surface area (TPSA) is 25.0 Å². The van der Waals surface area contributed by atoms with E-state index in [2.05, 4.69) is 31.5 Å². The number of aromatic nitrogens is 1. The lowest BCUT2D eigenvalue weighted by atomic mass is 9.85. The number of ether oxygens (including phenoxy) is 1. The number of rotatable bonds is 3. The zero-order valence-electron chi connectivity index (χ0n) is 10.0. The van der Waals surface area contributed by atoms with Gasteiger partial charge in [0.1, 0.15) is 5.75 Å². The van der Waals surface area contributed by atoms with Crippen LogP contribution in [-0.2, 0) is 5.41 Å². The Morgan fingerprint density at radius 2 is 2.12 bits per heavy atom. The summed E-state index contributed by atoms with van der Waals surface area (Å²) in [5.41, 5.74) is 2.34. The van der Waals surface area contributed by atoms with Gasteiger partial charge in [0.05, 0.1) is 7.11 Å². The summed E-state index contributed by atoms with van der Waals surface area (Å²) in [6, 6.07) is 6.06. The van der Waals surface area contributed by atoms with E-state index in [0.717, 1.165) is 11.3 Å². The number of hydrogen-bond donors (Lipinski definition) is 1. The maximum Gasteiger partial charge on any atom is 0.119 e. The molecule has 0 bridgehead atoms. The molecule has 2 rings (SSSR count). The minimum absolute atomic E-state index is 0.0371. The fourth-order valence-electron chi connectivity index (χ4n) is 1.87. The molecule has 0 fully saturated rings. The van der Waals surface area contributed by atoms with Gasteiger partial charge in [0.2, 0.25) is 0 Å². The lowest BCUT2D eigenvalue weighted by Crippen LogP contribution is -2.11. The molecule has 1 heterocycles. The average molecular weight is 215 g/mol. The first-order chi connectivity index (χ1) is 7.58. The second-order valence-corrected chi connectivity index (χ2v) is 4.54. The molecular weight excluding hydrogens is 198 g/mol. The maximum atomic E-state index is 5.25. The molecule has 1 N–H and O–H groups in total. The Morgan fingerprint density at radius 1 is 1.38 bits per heavy atom. The zero-order chi connectivity index (χ0) is 11.8. The predicted octanol–water partition coefficient (Wildman–Crippen LogP) is 3.64. The Hall–Kier alpha value is -1.70. The Morgan fingerprint density at radius 3 is 2.75 bits per heavy atom. The molecule has 0 radical (unpaired) electrons. The summed E-state index contributed by atoms with van der Waals surface area (Å²) < 4.78 is 5.25. The minimum Gasteiger partial charge on any atom is -0.497 e. The van der Waals surface area contributed by atoms with Crippen LogP contribution in [0, 0.1) is 0 Å². The van der Waals surface area contributed by atoms with Crippen molar-refractivity contribution < 1.29 is 4.74 Å². The van der Waals surface area contributed by atoms with Crippen molar-refractivity contribution in [1.82, 2.24) is 4.98 Å². The zero-order valence-corrected chi connectivity index (χ0v) is 10.0. The van der Waals surface area contributed by atoms with E-state index in [1.807, 2.05) is 24.4 Å². The third-order valence-corrected chi connectivity index (χ3v) is 3.09. The van der Waals surface area contributed by atoms with Crippen LogP contribution in [0.5, 0.6) is 5.75 Å². The highest BCUT2D eigenvalue weighted by atomic mass is 16.5. The van der Waals surface area contributed by atoms with Gasteiger partial charge in [-0.25, -0.2) is 0 Å². The van der Waals surface area contributed by atoms with Crippen molar-refractivity contribution in [2.24, 2.45) is 0 Å². The van der Waals surface area contributed by atoms with Crippen molar-refractivity contribution in [3.05, 3.63) is 42.6 Å². The first kappa shape index (κ1) is 10.8. The molecule has 0 saturated carbocycles. The van der Waals surface area contributed by atoms with Gasteiger partial charge in [-0.15, -0.1) is 6.58 Å². The van der Waals surface area contributed by atoms with Gasteiger partial charge in [0.25, 0.3) is 0 Å². The van der Waals surface area contributed by atoms with E-state index in [-0.39, 0.29) is 5.41 Å². The second kappa shape index (κ2) is 3.71. The molecule has 1 aromatic carbocycles. The van der Waals surface area contributed by atoms with E-state index < -0.39 is 0 Å². The Kier molecular flexibility index (Phi) is 2.50. The molecule has 0 aliphatic carbocycles. The van der Waals surface area contributed by atoms with E-state index >= 15 is 0 Å². The normalized spacial score (nSPS) is 11.7. The minimum atomic E-state index is -0.0371. The van der Waals surface area contributed by atoms with E-state index in [4.69, 9.17) is 4.74 Å². The van der Waals surface area contributed by atoms with Gasteiger partial charge in [0, 0.05) is 22.5 Å². The highest BCUT2D eigenvalue weighted by molar-refractivity contribution is 5.86. The van der Waals surface area contributed by atoms with Crippen LogP contribution in [0.1, 0.15) is 19.4 Å². The standard InChI is InChI=1S/C14H17NO/c1-5-14(2,3)12-9-15-13-7-6-10(16-4)8-11(12)13/h5-9,15H,1H2,2-4H3. The fraction of sp³-hybridized carbons (Fsp3) is 0.286. The molecule has 0 aliphatic heterocycles. The van der Waals surface area contributed by atoms with Crippen molar-refractivity contribution in [3.63, 3.8) is 0 Å². The van der Waals surface area contributed by atoms with Crippen molar-refractivity contribution >= 4 is 10.9 Å². The van der Waals surface area contributed by atoms with Gasteiger partial charge in [-0.05, 0) is 23.8 Å². The van der Waals surface area contributed by atoms with Crippen LogP contribution in [0.4, 0.5) is 0 Å². The number of hydrogen-bond acceptors (Lipinski definition) is 1. The monoisotopic (exact) mass is 215 g/mol. The molecule has 0 atom stereocenters. The number of methoxy groups -OCH3 is 1. The number of allylic oxidation sites excluding steroid dienone is 1. The van der Waals surface area contributed by atoms with Crippen molar-refractivity contribution in [2.75, 3.05) is 7.11 Å². The Labute approximate surface area is 95.9 Å². The molecular formula is C14H17NO. The maximum absolute atomic E-state index is 5.25. The summed E-state index contributed by atoms with van der Waals surface area (Å²) in [6.45, 7) is 8.20. The average Bonchev–Trinajstić information content (AvgIpc) is 2.72. The van der Waals surface area contributed by atoms with Gasteiger partial charge in [-0.3, -0.25) is 0 Å². The highest BCUT2D eigenvalue weighted by Gasteiger charge is 2.20. The van der Waals surface area contributed by atoms with Crippen LogP contribution in [0.2, 0.25) is 0 Å². The Bertz CT molecular complexity index is 523. The Balaban J connectivity index is 2.67. The summed E-state index contributed by atoms with van der Waals surface area (Å²) >= 11 is 0. The lowest BCUT2D eigenvalue weighted by Gasteiger charge is -2.19. The number of aromatic amines is 1. The fourth-order valence-corrected chi connectivity index (χ4v) is 1.87. The molecule has 1 aromatic heterocycles. The summed E-state index contributed by atoms with van der Waals surface area (Å²) in [6.07, 6.45) is 4.01. The molecule has 16 heavy (non-hydrogen) atoms. The van der Waals surface area contributed by atoms with Crippen LogP contribution in [0.3, 0.4) is 0 Å². The van der Waals surface area contributed by atoms with Crippen LogP contribution in [0.15, 0.2) is 37.1 Å². The predicted molar refractivity (Wildman–Crippen MR) is 68.1 cm³/mol. The number of H-pyrrole nitrogens is 1. The van der Waals surface area contributed by atoms with Crippen LogP contribution in [-0.4, -0.2) is 12.1 Å². The number of nitrogens with one attached hydrogen (secondary N) is 1. The summed E-state index contributed by atoms with van der Waals surface area (Å²) in [5, 5.41) is 1.20. The molecule has 0 saturated heterocycles. The number of benzene rings is 1. The van der Waals surface area contributed by atoms with Gasteiger partial charge in [0.15, 0.2) is 0 Å². The first-order valence-electron chi connectivity index (χ1n) is 5.37. The van der Waals surface area contributed by atoms with Crippen molar-refractivity contribution in [3.8, 4) is 5.75 Å². The molecule has 0 spiro atoms. The van der Waals surface area contributed by atoms with E-state index in [0.29, 0.717) is 0 Å². The molecule has 2 heteroatoms. The van der Waals surface area contributed by atoms with Crippen molar-refractivity contribution in [2.45, 2.75) is 19.3 Å². The number of fused-ring (bicyclic) bond motifs is 1. The molecule has 0 unspecified atom stereocenters. The van der Waals surface area contributed by atoms with Crippen LogP contribution in [0.25, 0.3) is 10.9 Å². The van der Waals surface area contributed by atoms with Crippen molar-refractivity contribution in [1.29, 1.82) is 0 Å². The van der Waals surface area contributed by atoms with Crippen LogP contribution < -0.4 is 4.74 Å². The highest BCUT2D eigenvalue weighted by Crippen LogP contribution is 2.32.